The summed E-state index contributed by atoms with van der Waals surface area (Å²) in [6, 6.07) is 15.5. The van der Waals surface area contributed by atoms with Gasteiger partial charge in [0, 0.05) is 15.6 Å². The van der Waals surface area contributed by atoms with E-state index >= 15 is 0 Å². The van der Waals surface area contributed by atoms with Crippen LogP contribution in [-0.2, 0) is 0 Å². The van der Waals surface area contributed by atoms with Crippen molar-refractivity contribution in [1.82, 2.24) is 5.32 Å². The van der Waals surface area contributed by atoms with Gasteiger partial charge in [-0.3, -0.25) is 4.79 Å². The lowest BCUT2D eigenvalue weighted by Gasteiger charge is -2.13. The Kier molecular flexibility index (Phi) is 5.38. The highest BCUT2D eigenvalue weighted by atomic mass is 35.5. The number of furan rings is 1. The van der Waals surface area contributed by atoms with E-state index in [1.807, 2.05) is 19.1 Å². The van der Waals surface area contributed by atoms with E-state index in [9.17, 15) is 4.79 Å². The summed E-state index contributed by atoms with van der Waals surface area (Å²) < 4.78 is 5.65. The molecule has 0 bridgehead atoms. The molecule has 1 unspecified atom stereocenters. The molecule has 0 aliphatic heterocycles. The van der Waals surface area contributed by atoms with Crippen molar-refractivity contribution in [3.05, 3.63) is 81.0 Å². The number of benzene rings is 2. The van der Waals surface area contributed by atoms with Gasteiger partial charge in [-0.2, -0.15) is 0 Å². The van der Waals surface area contributed by atoms with Crippen molar-refractivity contribution in [1.29, 1.82) is 0 Å². The van der Waals surface area contributed by atoms with Crippen molar-refractivity contribution >= 4 is 40.7 Å². The first-order chi connectivity index (χ1) is 11.9. The Morgan fingerprint density at radius 1 is 0.960 bits per heavy atom. The summed E-state index contributed by atoms with van der Waals surface area (Å²) in [5, 5.41) is 4.58. The topological polar surface area (TPSA) is 42.2 Å². The van der Waals surface area contributed by atoms with E-state index in [1.165, 1.54) is 0 Å². The third-order valence-corrected chi connectivity index (χ3v) is 4.56. The highest BCUT2D eigenvalue weighted by molar-refractivity contribution is 6.35. The van der Waals surface area contributed by atoms with Gasteiger partial charge < -0.3 is 9.73 Å². The second kappa shape index (κ2) is 7.52. The average Bonchev–Trinajstić information content (AvgIpc) is 3.07. The van der Waals surface area contributed by atoms with E-state index in [0.29, 0.717) is 26.4 Å². The van der Waals surface area contributed by atoms with E-state index in [-0.39, 0.29) is 17.7 Å². The standard InChI is InChI=1S/C19H14Cl3NO2/c1-11(12-2-4-13(20)5-3-12)23-19(24)18-9-8-17(25-18)15-10-14(21)6-7-16(15)22/h2-11H,1H3,(H,23,24). The zero-order valence-corrected chi connectivity index (χ0v) is 15.5. The molecular weight excluding hydrogens is 381 g/mol. The molecule has 2 aromatic carbocycles. The van der Waals surface area contributed by atoms with Crippen LogP contribution in [0.1, 0.15) is 29.1 Å². The van der Waals surface area contributed by atoms with Crippen LogP contribution in [0.5, 0.6) is 0 Å². The number of amides is 1. The minimum atomic E-state index is -0.313. The Morgan fingerprint density at radius 2 is 1.64 bits per heavy atom. The molecule has 0 aliphatic carbocycles. The Balaban J connectivity index is 1.76. The lowest BCUT2D eigenvalue weighted by atomic mass is 10.1. The molecule has 1 N–H and O–H groups in total. The minimum absolute atomic E-state index is 0.187. The molecule has 0 radical (unpaired) electrons. The normalized spacial score (nSPS) is 12.0. The van der Waals surface area contributed by atoms with Gasteiger partial charge in [0.1, 0.15) is 5.76 Å². The first-order valence-electron chi connectivity index (χ1n) is 7.55. The van der Waals surface area contributed by atoms with Crippen molar-refractivity contribution in [2.75, 3.05) is 0 Å². The lowest BCUT2D eigenvalue weighted by molar-refractivity contribution is 0.0912. The number of rotatable bonds is 4. The maximum atomic E-state index is 12.4. The van der Waals surface area contributed by atoms with Gasteiger partial charge in [-0.25, -0.2) is 0 Å². The van der Waals surface area contributed by atoms with E-state index in [0.717, 1.165) is 5.56 Å². The van der Waals surface area contributed by atoms with Crippen molar-refractivity contribution in [2.24, 2.45) is 0 Å². The van der Waals surface area contributed by atoms with Gasteiger partial charge in [0.15, 0.2) is 5.76 Å². The summed E-state index contributed by atoms with van der Waals surface area (Å²) in [4.78, 5) is 12.4. The fourth-order valence-corrected chi connectivity index (χ4v) is 2.90. The van der Waals surface area contributed by atoms with Crippen LogP contribution in [0.15, 0.2) is 59.0 Å². The maximum absolute atomic E-state index is 12.4. The maximum Gasteiger partial charge on any atom is 0.287 e. The smallest absolute Gasteiger partial charge is 0.287 e. The van der Waals surface area contributed by atoms with Gasteiger partial charge in [0.25, 0.3) is 5.91 Å². The number of nitrogens with one attached hydrogen (secondary N) is 1. The predicted molar refractivity (Wildman–Crippen MR) is 101 cm³/mol. The van der Waals surface area contributed by atoms with Gasteiger partial charge in [0.05, 0.1) is 11.1 Å². The molecule has 1 amide bonds. The van der Waals surface area contributed by atoms with Crippen LogP contribution in [0, 0.1) is 0 Å². The molecule has 0 saturated heterocycles. The highest BCUT2D eigenvalue weighted by Gasteiger charge is 2.17. The molecule has 3 nitrogen and oxygen atoms in total. The molecule has 3 aromatic rings. The molecule has 1 heterocycles. The molecule has 128 valence electrons. The summed E-state index contributed by atoms with van der Waals surface area (Å²) in [5.74, 6) is 0.371. The van der Waals surface area contributed by atoms with Crippen LogP contribution in [0.25, 0.3) is 11.3 Å². The molecule has 0 saturated carbocycles. The Hall–Kier alpha value is -1.94. The van der Waals surface area contributed by atoms with Crippen molar-refractivity contribution in [3.8, 4) is 11.3 Å². The summed E-state index contributed by atoms with van der Waals surface area (Å²) in [5.41, 5.74) is 1.58. The number of carbonyl (C=O) groups is 1. The summed E-state index contributed by atoms with van der Waals surface area (Å²) in [7, 11) is 0. The van der Waals surface area contributed by atoms with Crippen LogP contribution in [0.3, 0.4) is 0 Å². The number of halogens is 3. The zero-order valence-electron chi connectivity index (χ0n) is 13.2. The molecule has 1 atom stereocenters. The molecule has 3 rings (SSSR count). The molecular formula is C19H14Cl3NO2. The van der Waals surface area contributed by atoms with Gasteiger partial charge in [-0.15, -0.1) is 0 Å². The number of hydrogen-bond donors (Lipinski definition) is 1. The second-order valence-electron chi connectivity index (χ2n) is 5.53. The minimum Gasteiger partial charge on any atom is -0.451 e. The van der Waals surface area contributed by atoms with Gasteiger partial charge in [-0.1, -0.05) is 46.9 Å². The molecule has 0 aliphatic rings. The summed E-state index contributed by atoms with van der Waals surface area (Å²) >= 11 is 18.0. The molecule has 25 heavy (non-hydrogen) atoms. The Morgan fingerprint density at radius 3 is 2.36 bits per heavy atom. The number of carbonyl (C=O) groups excluding carboxylic acids is 1. The highest BCUT2D eigenvalue weighted by Crippen LogP contribution is 2.32. The average molecular weight is 395 g/mol. The molecule has 0 spiro atoms. The lowest BCUT2D eigenvalue weighted by Crippen LogP contribution is -2.26. The third-order valence-electron chi connectivity index (χ3n) is 3.74. The van der Waals surface area contributed by atoms with E-state index < -0.39 is 0 Å². The molecule has 1 aromatic heterocycles. The first-order valence-corrected chi connectivity index (χ1v) is 8.69. The van der Waals surface area contributed by atoms with Gasteiger partial charge >= 0.3 is 0 Å². The Labute approximate surface area is 160 Å². The fourth-order valence-electron chi connectivity index (χ4n) is 2.39. The van der Waals surface area contributed by atoms with Crippen LogP contribution < -0.4 is 5.32 Å². The third kappa shape index (κ3) is 4.18. The van der Waals surface area contributed by atoms with Crippen LogP contribution in [-0.4, -0.2) is 5.91 Å². The van der Waals surface area contributed by atoms with Crippen LogP contribution >= 0.6 is 34.8 Å². The summed E-state index contributed by atoms with van der Waals surface area (Å²) in [6.45, 7) is 1.89. The van der Waals surface area contributed by atoms with E-state index in [4.69, 9.17) is 39.2 Å². The van der Waals surface area contributed by atoms with Gasteiger partial charge in [-0.05, 0) is 55.0 Å². The monoisotopic (exact) mass is 393 g/mol. The fraction of sp³-hybridized carbons (Fsp3) is 0.105. The quantitative estimate of drug-likeness (QED) is 0.556. The first kappa shape index (κ1) is 17.9. The Bertz CT molecular complexity index is 903. The molecule has 6 heteroatoms. The van der Waals surface area contributed by atoms with Crippen LogP contribution in [0.2, 0.25) is 15.1 Å². The van der Waals surface area contributed by atoms with Crippen molar-refractivity contribution < 1.29 is 9.21 Å². The zero-order chi connectivity index (χ0) is 18.0. The van der Waals surface area contributed by atoms with Crippen LogP contribution in [0.4, 0.5) is 0 Å². The van der Waals surface area contributed by atoms with E-state index in [2.05, 4.69) is 5.32 Å². The van der Waals surface area contributed by atoms with E-state index in [1.54, 1.807) is 42.5 Å². The molecule has 0 fully saturated rings. The summed E-state index contributed by atoms with van der Waals surface area (Å²) in [6.07, 6.45) is 0. The van der Waals surface area contributed by atoms with Crippen molar-refractivity contribution in [3.63, 3.8) is 0 Å². The second-order valence-corrected chi connectivity index (χ2v) is 6.81. The SMILES string of the molecule is CC(NC(=O)c1ccc(-c2cc(Cl)ccc2Cl)o1)c1ccc(Cl)cc1. The largest absolute Gasteiger partial charge is 0.451 e. The van der Waals surface area contributed by atoms with Crippen molar-refractivity contribution in [2.45, 2.75) is 13.0 Å². The van der Waals surface area contributed by atoms with Gasteiger partial charge in [0.2, 0.25) is 0 Å². The predicted octanol–water partition coefficient (Wildman–Crippen LogP) is 6.40. The number of hydrogen-bond acceptors (Lipinski definition) is 2.